The molecule has 3 nitrogen and oxygen atoms in total. The van der Waals surface area contributed by atoms with Gasteiger partial charge in [-0.15, -0.1) is 0 Å². The fourth-order valence-electron chi connectivity index (χ4n) is 0.647. The average Bonchev–Trinajstić information content (AvgIpc) is 1.89. The molecule has 0 aliphatic heterocycles. The molecule has 0 fully saturated rings. The predicted molar refractivity (Wildman–Crippen MR) is 43.8 cm³/mol. The van der Waals surface area contributed by atoms with Gasteiger partial charge in [0, 0.05) is 6.16 Å². The van der Waals surface area contributed by atoms with E-state index in [1.165, 1.54) is 0 Å². The minimum Gasteiger partial charge on any atom is -0.331 e. The molecule has 0 aliphatic carbocycles. The second kappa shape index (κ2) is 7.26. The summed E-state index contributed by atoms with van der Waals surface area (Å²) in [6.45, 7) is 3.09. The summed E-state index contributed by atoms with van der Waals surface area (Å²) in [6, 6.07) is 0. The molecule has 0 aliphatic rings. The van der Waals surface area contributed by atoms with E-state index in [0.29, 0.717) is 19.3 Å². The minimum absolute atomic E-state index is 0.556. The minimum atomic E-state index is -1.72. The van der Waals surface area contributed by atoms with Gasteiger partial charge in [-0.3, -0.25) is 4.57 Å². The first-order valence-corrected chi connectivity index (χ1v) is 5.19. The van der Waals surface area contributed by atoms with Gasteiger partial charge in [-0.05, 0) is 26.3 Å². The molecule has 0 radical (unpaired) electrons. The van der Waals surface area contributed by atoms with Gasteiger partial charge in [0.15, 0.2) is 8.03 Å². The highest BCUT2D eigenvalue weighted by Crippen LogP contribution is 2.22. The molecule has 0 rings (SSSR count). The number of unbranched alkanes of at least 4 members (excludes halogenated alkanes) is 1. The van der Waals surface area contributed by atoms with Crippen LogP contribution in [-0.2, 0) is 9.09 Å². The Balaban J connectivity index is 3.05. The molecular formula is C6H16NO2P. The van der Waals surface area contributed by atoms with E-state index in [1.54, 1.807) is 0 Å². The Morgan fingerprint density at radius 1 is 1.50 bits per heavy atom. The van der Waals surface area contributed by atoms with Crippen LogP contribution in [0.15, 0.2) is 0 Å². The van der Waals surface area contributed by atoms with Gasteiger partial charge < -0.3 is 10.3 Å². The van der Waals surface area contributed by atoms with Crippen LogP contribution >= 0.6 is 8.03 Å². The Bertz CT molecular complexity index is 97.7. The van der Waals surface area contributed by atoms with Gasteiger partial charge in [0.05, 0.1) is 6.61 Å². The van der Waals surface area contributed by atoms with Crippen LogP contribution in [0.25, 0.3) is 0 Å². The third kappa shape index (κ3) is 6.27. The van der Waals surface area contributed by atoms with Gasteiger partial charge in [-0.1, -0.05) is 0 Å². The Labute approximate surface area is 62.8 Å². The largest absolute Gasteiger partial charge is 0.331 e. The van der Waals surface area contributed by atoms with Crippen molar-refractivity contribution in [3.05, 3.63) is 0 Å². The maximum absolute atomic E-state index is 10.8. The first-order chi connectivity index (χ1) is 4.81. The lowest BCUT2D eigenvalue weighted by atomic mass is 10.3. The number of nitrogens with two attached hydrogens (primary N) is 1. The number of hydrogen-bond donors (Lipinski definition) is 1. The van der Waals surface area contributed by atoms with E-state index >= 15 is 0 Å². The summed E-state index contributed by atoms with van der Waals surface area (Å²) in [6.07, 6.45) is 2.56. The van der Waals surface area contributed by atoms with E-state index in [9.17, 15) is 4.57 Å². The van der Waals surface area contributed by atoms with Crippen molar-refractivity contribution in [1.82, 2.24) is 0 Å². The van der Waals surface area contributed by atoms with Gasteiger partial charge >= 0.3 is 0 Å². The van der Waals surface area contributed by atoms with Gasteiger partial charge in [0.1, 0.15) is 0 Å². The van der Waals surface area contributed by atoms with Crippen LogP contribution in [0.4, 0.5) is 0 Å². The van der Waals surface area contributed by atoms with Gasteiger partial charge in [0.2, 0.25) is 0 Å². The van der Waals surface area contributed by atoms with Crippen LogP contribution in [-0.4, -0.2) is 19.3 Å². The van der Waals surface area contributed by atoms with Crippen molar-refractivity contribution in [1.29, 1.82) is 0 Å². The normalized spacial score (nSPS) is 13.4. The third-order valence-corrected chi connectivity index (χ3v) is 2.51. The summed E-state index contributed by atoms with van der Waals surface area (Å²) in [7, 11) is -1.72. The van der Waals surface area contributed by atoms with Crippen molar-refractivity contribution in [2.45, 2.75) is 19.8 Å². The van der Waals surface area contributed by atoms with Gasteiger partial charge in [-0.25, -0.2) is 0 Å². The lowest BCUT2D eigenvalue weighted by molar-refractivity contribution is 0.349. The summed E-state index contributed by atoms with van der Waals surface area (Å²) in [5.41, 5.74) is 5.26. The lowest BCUT2D eigenvalue weighted by Gasteiger charge is -1.99. The SMILES string of the molecule is CCO[PH](=O)CCCCN. The Morgan fingerprint density at radius 2 is 2.20 bits per heavy atom. The van der Waals surface area contributed by atoms with E-state index < -0.39 is 8.03 Å². The van der Waals surface area contributed by atoms with E-state index in [0.717, 1.165) is 12.8 Å². The molecule has 62 valence electrons. The van der Waals surface area contributed by atoms with Crippen LogP contribution < -0.4 is 5.73 Å². The zero-order chi connectivity index (χ0) is 7.82. The monoisotopic (exact) mass is 165 g/mol. The van der Waals surface area contributed by atoms with E-state index in [4.69, 9.17) is 10.3 Å². The summed E-state index contributed by atoms with van der Waals surface area (Å²) >= 11 is 0. The molecule has 0 aromatic heterocycles. The number of hydrogen-bond acceptors (Lipinski definition) is 3. The lowest BCUT2D eigenvalue weighted by Crippen LogP contribution is -1.98. The maximum atomic E-state index is 10.8. The van der Waals surface area contributed by atoms with Gasteiger partial charge in [-0.2, -0.15) is 0 Å². The molecule has 1 unspecified atom stereocenters. The van der Waals surface area contributed by atoms with Crippen molar-refractivity contribution in [2.24, 2.45) is 5.73 Å². The van der Waals surface area contributed by atoms with Crippen LogP contribution in [0.3, 0.4) is 0 Å². The van der Waals surface area contributed by atoms with Crippen LogP contribution in [0.5, 0.6) is 0 Å². The Morgan fingerprint density at radius 3 is 2.70 bits per heavy atom. The highest BCUT2D eigenvalue weighted by molar-refractivity contribution is 7.39. The highest BCUT2D eigenvalue weighted by Gasteiger charge is 1.95. The Kier molecular flexibility index (Phi) is 7.37. The fraction of sp³-hybridized carbons (Fsp3) is 1.00. The standard InChI is InChI=1S/C6H16NO2P/c1-2-9-10(8)6-4-3-5-7/h10H,2-7H2,1H3. The maximum Gasteiger partial charge on any atom is 0.191 e. The Hall–Kier alpha value is 0.150. The smallest absolute Gasteiger partial charge is 0.191 e. The van der Waals surface area contributed by atoms with E-state index in [2.05, 4.69) is 0 Å². The van der Waals surface area contributed by atoms with E-state index in [1.807, 2.05) is 6.92 Å². The molecule has 0 bridgehead atoms. The van der Waals surface area contributed by atoms with Crippen molar-refractivity contribution in [2.75, 3.05) is 19.3 Å². The summed E-state index contributed by atoms with van der Waals surface area (Å²) in [4.78, 5) is 0. The summed E-state index contributed by atoms with van der Waals surface area (Å²) < 4.78 is 15.7. The molecule has 0 aromatic rings. The van der Waals surface area contributed by atoms with Crippen molar-refractivity contribution >= 4 is 8.03 Å². The average molecular weight is 165 g/mol. The summed E-state index contributed by atoms with van der Waals surface area (Å²) in [5, 5.41) is 0. The third-order valence-electron chi connectivity index (χ3n) is 1.14. The fourth-order valence-corrected chi connectivity index (χ4v) is 1.65. The molecule has 2 N–H and O–H groups in total. The first-order valence-electron chi connectivity index (χ1n) is 3.67. The van der Waals surface area contributed by atoms with Crippen molar-refractivity contribution in [3.8, 4) is 0 Å². The molecule has 0 amide bonds. The van der Waals surface area contributed by atoms with Crippen molar-refractivity contribution in [3.63, 3.8) is 0 Å². The second-order valence-corrected chi connectivity index (χ2v) is 3.58. The van der Waals surface area contributed by atoms with Crippen molar-refractivity contribution < 1.29 is 9.09 Å². The quantitative estimate of drug-likeness (QED) is 0.475. The molecule has 0 spiro atoms. The molecule has 0 saturated carbocycles. The van der Waals surface area contributed by atoms with Crippen LogP contribution in [0.2, 0.25) is 0 Å². The second-order valence-electron chi connectivity index (χ2n) is 2.05. The molecule has 0 heterocycles. The molecule has 0 saturated heterocycles. The number of rotatable bonds is 6. The zero-order valence-corrected chi connectivity index (χ0v) is 7.43. The van der Waals surface area contributed by atoms with E-state index in [-0.39, 0.29) is 0 Å². The van der Waals surface area contributed by atoms with Gasteiger partial charge in [0.25, 0.3) is 0 Å². The van der Waals surface area contributed by atoms with Crippen LogP contribution in [0.1, 0.15) is 19.8 Å². The molecule has 10 heavy (non-hydrogen) atoms. The van der Waals surface area contributed by atoms with Crippen LogP contribution in [0, 0.1) is 0 Å². The molecule has 1 atom stereocenters. The first kappa shape index (κ1) is 10.2. The predicted octanol–water partition coefficient (Wildman–Crippen LogP) is 1.24. The summed E-state index contributed by atoms with van der Waals surface area (Å²) in [5.74, 6) is 0. The highest BCUT2D eigenvalue weighted by atomic mass is 31.1. The zero-order valence-electron chi connectivity index (χ0n) is 6.43. The molecule has 0 aromatic carbocycles. The topological polar surface area (TPSA) is 52.3 Å². The molecular weight excluding hydrogens is 149 g/mol. The molecule has 4 heteroatoms.